The first-order chi connectivity index (χ1) is 16.1. The summed E-state index contributed by atoms with van der Waals surface area (Å²) in [5, 5.41) is 0. The molecule has 4 unspecified atom stereocenters. The fraction of sp³-hybridized carbons (Fsp3) is 1.00. The number of alkyl halides is 1. The molecule has 0 bridgehead atoms. The number of hydrogen-bond acceptors (Lipinski definition) is 0. The Balaban J connectivity index is 1.13. The van der Waals surface area contributed by atoms with Crippen LogP contribution in [-0.2, 0) is 0 Å². The van der Waals surface area contributed by atoms with Crippen LogP contribution < -0.4 is 0 Å². The lowest BCUT2D eigenvalue weighted by Crippen LogP contribution is -2.39. The van der Waals surface area contributed by atoms with Gasteiger partial charge in [0.05, 0.1) is 0 Å². The summed E-state index contributed by atoms with van der Waals surface area (Å²) >= 11 is 0. The van der Waals surface area contributed by atoms with Gasteiger partial charge < -0.3 is 0 Å². The Morgan fingerprint density at radius 2 is 1.03 bits per heavy atom. The molecule has 4 aliphatic rings. The second-order valence-electron chi connectivity index (χ2n) is 13.5. The lowest BCUT2D eigenvalue weighted by molar-refractivity contribution is 0.0129. The van der Waals surface area contributed by atoms with Crippen LogP contribution in [0.1, 0.15) is 143 Å². The lowest BCUT2D eigenvalue weighted by atomic mass is 9.62. The maximum absolute atomic E-state index is 15.1. The highest BCUT2D eigenvalue weighted by Crippen LogP contribution is 2.49. The number of hydrogen-bond donors (Lipinski definition) is 0. The van der Waals surface area contributed by atoms with E-state index in [2.05, 4.69) is 20.8 Å². The molecule has 0 aromatic heterocycles. The van der Waals surface area contributed by atoms with E-state index >= 15 is 4.39 Å². The maximum atomic E-state index is 15.1. The van der Waals surface area contributed by atoms with E-state index in [0.717, 1.165) is 36.0 Å². The SMILES string of the molecule is CCCCCCC1CCC(C2CCC(C3CCC(C4CCC(C)C(C)C4F)CC3)CC2)CC1. The highest BCUT2D eigenvalue weighted by Gasteiger charge is 2.41. The second kappa shape index (κ2) is 12.8. The highest BCUT2D eigenvalue weighted by atomic mass is 19.1. The van der Waals surface area contributed by atoms with Gasteiger partial charge in [-0.1, -0.05) is 65.7 Å². The van der Waals surface area contributed by atoms with Crippen LogP contribution in [0.3, 0.4) is 0 Å². The summed E-state index contributed by atoms with van der Waals surface area (Å²) in [6.07, 6.45) is 26.9. The van der Waals surface area contributed by atoms with Gasteiger partial charge in [-0.3, -0.25) is 0 Å². The van der Waals surface area contributed by atoms with Crippen molar-refractivity contribution in [2.75, 3.05) is 0 Å². The average Bonchev–Trinajstić information content (AvgIpc) is 2.86. The molecule has 0 N–H and O–H groups in total. The zero-order valence-corrected chi connectivity index (χ0v) is 22.6. The largest absolute Gasteiger partial charge is 0.247 e. The molecule has 33 heavy (non-hydrogen) atoms. The third-order valence-electron chi connectivity index (χ3n) is 11.7. The first-order valence-electron chi connectivity index (χ1n) is 15.7. The van der Waals surface area contributed by atoms with Crippen molar-refractivity contribution in [1.82, 2.24) is 0 Å². The topological polar surface area (TPSA) is 0 Å². The minimum absolute atomic E-state index is 0.285. The molecule has 0 radical (unpaired) electrons. The summed E-state index contributed by atoms with van der Waals surface area (Å²) in [6, 6.07) is 0. The fourth-order valence-corrected chi connectivity index (χ4v) is 9.02. The summed E-state index contributed by atoms with van der Waals surface area (Å²) in [4.78, 5) is 0. The van der Waals surface area contributed by atoms with Gasteiger partial charge in [0.1, 0.15) is 6.17 Å². The van der Waals surface area contributed by atoms with Crippen molar-refractivity contribution in [2.24, 2.45) is 53.3 Å². The van der Waals surface area contributed by atoms with E-state index in [4.69, 9.17) is 0 Å². The van der Waals surface area contributed by atoms with Gasteiger partial charge in [-0.05, 0) is 130 Å². The molecule has 192 valence electrons. The van der Waals surface area contributed by atoms with Gasteiger partial charge in [-0.15, -0.1) is 0 Å². The molecule has 0 aliphatic heterocycles. The van der Waals surface area contributed by atoms with Crippen molar-refractivity contribution in [2.45, 2.75) is 149 Å². The third kappa shape index (κ3) is 6.78. The summed E-state index contributed by atoms with van der Waals surface area (Å²) in [5.74, 6) is 7.10. The molecule has 4 fully saturated rings. The quantitative estimate of drug-likeness (QED) is 0.316. The fourth-order valence-electron chi connectivity index (χ4n) is 9.02. The van der Waals surface area contributed by atoms with E-state index in [1.165, 1.54) is 103 Å². The molecule has 4 atom stereocenters. The van der Waals surface area contributed by atoms with Crippen molar-refractivity contribution in [3.63, 3.8) is 0 Å². The Hall–Kier alpha value is -0.0700. The van der Waals surface area contributed by atoms with Crippen molar-refractivity contribution >= 4 is 0 Å². The van der Waals surface area contributed by atoms with Crippen LogP contribution in [-0.4, -0.2) is 6.17 Å². The van der Waals surface area contributed by atoms with Crippen molar-refractivity contribution < 1.29 is 4.39 Å². The molecular weight excluding hydrogens is 403 g/mol. The van der Waals surface area contributed by atoms with Crippen LogP contribution >= 0.6 is 0 Å². The maximum Gasteiger partial charge on any atom is 0.106 e. The lowest BCUT2D eigenvalue weighted by Gasteiger charge is -2.44. The molecule has 4 saturated carbocycles. The molecule has 0 spiro atoms. The molecule has 0 heterocycles. The predicted octanol–water partition coefficient (Wildman–Crippen LogP) is 10.4. The number of unbranched alkanes of at least 4 members (excludes halogenated alkanes) is 3. The van der Waals surface area contributed by atoms with Gasteiger partial charge >= 0.3 is 0 Å². The normalized spacial score (nSPS) is 45.1. The average molecular weight is 461 g/mol. The summed E-state index contributed by atoms with van der Waals surface area (Å²) in [7, 11) is 0. The van der Waals surface area contributed by atoms with E-state index < -0.39 is 6.17 Å². The Morgan fingerprint density at radius 1 is 0.545 bits per heavy atom. The first-order valence-corrected chi connectivity index (χ1v) is 15.7. The standard InChI is InChI=1S/C32H57F/c1-4-5-6-7-8-25-10-12-26(13-11-25)27-14-16-28(17-15-27)29-18-20-30(21-19-29)31-22-9-23(2)24(3)32(31)33/h23-32H,4-22H2,1-3H3. The Morgan fingerprint density at radius 3 is 1.55 bits per heavy atom. The molecule has 0 aromatic carbocycles. The van der Waals surface area contributed by atoms with Crippen molar-refractivity contribution in [3.05, 3.63) is 0 Å². The van der Waals surface area contributed by atoms with Crippen molar-refractivity contribution in [3.8, 4) is 0 Å². The minimum Gasteiger partial charge on any atom is -0.247 e. The smallest absolute Gasteiger partial charge is 0.106 e. The zero-order chi connectivity index (χ0) is 23.2. The second-order valence-corrected chi connectivity index (χ2v) is 13.5. The Kier molecular flexibility index (Phi) is 10.1. The molecule has 0 nitrogen and oxygen atoms in total. The molecule has 1 heteroatoms. The molecule has 4 rings (SSSR count). The summed E-state index contributed by atoms with van der Waals surface area (Å²) in [5.41, 5.74) is 0. The monoisotopic (exact) mass is 460 g/mol. The number of rotatable bonds is 8. The Bertz CT molecular complexity index is 533. The van der Waals surface area contributed by atoms with Crippen LogP contribution in [0.15, 0.2) is 0 Å². The first kappa shape index (κ1) is 26.0. The molecule has 0 aromatic rings. The predicted molar refractivity (Wildman–Crippen MR) is 141 cm³/mol. The molecule has 0 amide bonds. The van der Waals surface area contributed by atoms with Crippen LogP contribution in [0.5, 0.6) is 0 Å². The number of halogens is 1. The van der Waals surface area contributed by atoms with E-state index in [1.807, 2.05) is 0 Å². The van der Waals surface area contributed by atoms with Crippen LogP contribution in [0.2, 0.25) is 0 Å². The molecular formula is C32H57F. The molecule has 0 saturated heterocycles. The van der Waals surface area contributed by atoms with E-state index in [0.29, 0.717) is 17.8 Å². The van der Waals surface area contributed by atoms with Crippen molar-refractivity contribution in [1.29, 1.82) is 0 Å². The van der Waals surface area contributed by atoms with Gasteiger partial charge in [-0.2, -0.15) is 0 Å². The van der Waals surface area contributed by atoms with E-state index in [-0.39, 0.29) is 5.92 Å². The van der Waals surface area contributed by atoms with Crippen LogP contribution in [0, 0.1) is 53.3 Å². The zero-order valence-electron chi connectivity index (χ0n) is 22.6. The summed E-state index contributed by atoms with van der Waals surface area (Å²) in [6.45, 7) is 6.76. The van der Waals surface area contributed by atoms with Gasteiger partial charge in [0.25, 0.3) is 0 Å². The third-order valence-corrected chi connectivity index (χ3v) is 11.7. The van der Waals surface area contributed by atoms with Gasteiger partial charge in [0.15, 0.2) is 0 Å². The van der Waals surface area contributed by atoms with E-state index in [9.17, 15) is 0 Å². The van der Waals surface area contributed by atoms with Gasteiger partial charge in [0, 0.05) is 0 Å². The molecule has 4 aliphatic carbocycles. The van der Waals surface area contributed by atoms with Gasteiger partial charge in [-0.25, -0.2) is 4.39 Å². The minimum atomic E-state index is -0.530. The van der Waals surface area contributed by atoms with Crippen LogP contribution in [0.25, 0.3) is 0 Å². The highest BCUT2D eigenvalue weighted by molar-refractivity contribution is 4.91. The Labute approximate surface area is 206 Å². The summed E-state index contributed by atoms with van der Waals surface area (Å²) < 4.78 is 15.1. The van der Waals surface area contributed by atoms with E-state index in [1.54, 1.807) is 12.8 Å². The van der Waals surface area contributed by atoms with Crippen LogP contribution in [0.4, 0.5) is 4.39 Å². The van der Waals surface area contributed by atoms with Gasteiger partial charge in [0.2, 0.25) is 0 Å².